The van der Waals surface area contributed by atoms with Crippen LogP contribution in [0.3, 0.4) is 0 Å². The summed E-state index contributed by atoms with van der Waals surface area (Å²) in [5, 5.41) is 13.6. The Morgan fingerprint density at radius 2 is 1.79 bits per heavy atom. The van der Waals surface area contributed by atoms with E-state index in [2.05, 4.69) is 15.6 Å². The Morgan fingerprint density at radius 1 is 0.966 bits per heavy atom. The van der Waals surface area contributed by atoms with Crippen LogP contribution in [0, 0.1) is 5.82 Å². The van der Waals surface area contributed by atoms with Gasteiger partial charge in [-0.2, -0.15) is 4.52 Å². The highest BCUT2D eigenvalue weighted by molar-refractivity contribution is 6.30. The normalized spacial score (nSPS) is 11.2. The summed E-state index contributed by atoms with van der Waals surface area (Å²) in [6, 6.07) is 21.7. The predicted molar refractivity (Wildman–Crippen MR) is 112 cm³/mol. The molecule has 0 radical (unpaired) electrons. The number of fused-ring (bicyclic) bond motifs is 3. The summed E-state index contributed by atoms with van der Waals surface area (Å²) in [4.78, 5) is 4.81. The molecular formula is C22H15ClFN5. The third-order valence-corrected chi connectivity index (χ3v) is 4.96. The van der Waals surface area contributed by atoms with Gasteiger partial charge >= 0.3 is 0 Å². The molecule has 0 aliphatic heterocycles. The third-order valence-electron chi connectivity index (χ3n) is 4.72. The Kier molecular flexibility index (Phi) is 4.33. The number of para-hydroxylation sites is 1. The molecule has 5 aromatic rings. The predicted octanol–water partition coefficient (Wildman–Crippen LogP) is 5.35. The molecule has 142 valence electrons. The fraction of sp³-hybridized carbons (Fsp3) is 0.0455. The maximum absolute atomic E-state index is 13.2. The minimum atomic E-state index is -0.254. The molecule has 1 N–H and O–H groups in total. The monoisotopic (exact) mass is 403 g/mol. The number of nitrogens with one attached hydrogen (secondary N) is 1. The van der Waals surface area contributed by atoms with Gasteiger partial charge in [-0.05, 0) is 42.0 Å². The third kappa shape index (κ3) is 3.28. The second-order valence-electron chi connectivity index (χ2n) is 6.64. The second-order valence-corrected chi connectivity index (χ2v) is 7.08. The number of rotatable bonds is 4. The van der Waals surface area contributed by atoms with Gasteiger partial charge in [0.2, 0.25) is 0 Å². The molecule has 0 fully saturated rings. The highest BCUT2D eigenvalue weighted by Crippen LogP contribution is 2.29. The Bertz CT molecular complexity index is 1330. The van der Waals surface area contributed by atoms with Crippen LogP contribution in [0.15, 0.2) is 72.8 Å². The Morgan fingerprint density at radius 3 is 2.62 bits per heavy atom. The average Bonchev–Trinajstić information content (AvgIpc) is 3.17. The first-order valence-electron chi connectivity index (χ1n) is 9.07. The van der Waals surface area contributed by atoms with Gasteiger partial charge in [-0.3, -0.25) is 0 Å². The fourth-order valence-electron chi connectivity index (χ4n) is 3.31. The lowest BCUT2D eigenvalue weighted by Gasteiger charge is -2.10. The molecule has 29 heavy (non-hydrogen) atoms. The molecule has 0 bridgehead atoms. The van der Waals surface area contributed by atoms with Crippen LogP contribution in [0.25, 0.3) is 27.8 Å². The molecule has 0 saturated carbocycles. The van der Waals surface area contributed by atoms with Crippen LogP contribution in [0.4, 0.5) is 10.2 Å². The number of hydrogen-bond donors (Lipinski definition) is 1. The quantitative estimate of drug-likeness (QED) is 0.439. The molecule has 0 spiro atoms. The molecule has 2 aromatic heterocycles. The molecule has 0 aliphatic rings. The first-order valence-corrected chi connectivity index (χ1v) is 9.45. The van der Waals surface area contributed by atoms with E-state index in [1.165, 1.54) is 12.1 Å². The minimum Gasteiger partial charge on any atom is -0.365 e. The zero-order chi connectivity index (χ0) is 19.8. The lowest BCUT2D eigenvalue weighted by Crippen LogP contribution is -2.05. The van der Waals surface area contributed by atoms with E-state index < -0.39 is 0 Å². The number of halogens is 2. The summed E-state index contributed by atoms with van der Waals surface area (Å²) in [7, 11) is 0. The molecule has 3 aromatic carbocycles. The van der Waals surface area contributed by atoms with Gasteiger partial charge in [0.1, 0.15) is 17.3 Å². The molecule has 0 atom stereocenters. The summed E-state index contributed by atoms with van der Waals surface area (Å²) >= 11 is 6.15. The second kappa shape index (κ2) is 7.14. The summed E-state index contributed by atoms with van der Waals surface area (Å²) in [5.74, 6) is 0.457. The van der Waals surface area contributed by atoms with Crippen molar-refractivity contribution < 1.29 is 4.39 Å². The van der Waals surface area contributed by atoms with Crippen molar-refractivity contribution in [3.8, 4) is 11.3 Å². The van der Waals surface area contributed by atoms with E-state index in [0.717, 1.165) is 22.0 Å². The van der Waals surface area contributed by atoms with Crippen molar-refractivity contribution in [2.45, 2.75) is 6.54 Å². The van der Waals surface area contributed by atoms with Crippen LogP contribution in [0.2, 0.25) is 5.02 Å². The first kappa shape index (κ1) is 17.6. The first-order chi connectivity index (χ1) is 14.2. The summed E-state index contributed by atoms with van der Waals surface area (Å²) in [6.07, 6.45) is 0. The zero-order valence-electron chi connectivity index (χ0n) is 15.2. The number of anilines is 1. The summed E-state index contributed by atoms with van der Waals surface area (Å²) in [6.45, 7) is 0.515. The van der Waals surface area contributed by atoms with Gasteiger partial charge in [0, 0.05) is 22.5 Å². The molecule has 5 nitrogen and oxygen atoms in total. The van der Waals surface area contributed by atoms with Crippen LogP contribution in [0.5, 0.6) is 0 Å². The molecule has 2 heterocycles. The average molecular weight is 404 g/mol. The van der Waals surface area contributed by atoms with Gasteiger partial charge in [0.25, 0.3) is 0 Å². The van der Waals surface area contributed by atoms with E-state index in [0.29, 0.717) is 28.7 Å². The SMILES string of the molecule is Fc1ccc(CNc2nc3c(-c4cccc(Cl)c4)nnn3c3ccccc23)cc1. The van der Waals surface area contributed by atoms with Crippen molar-refractivity contribution in [1.82, 2.24) is 19.8 Å². The number of hydrogen-bond acceptors (Lipinski definition) is 4. The molecule has 5 rings (SSSR count). The number of aromatic nitrogens is 4. The van der Waals surface area contributed by atoms with E-state index in [-0.39, 0.29) is 5.82 Å². The van der Waals surface area contributed by atoms with Gasteiger partial charge in [0.15, 0.2) is 5.65 Å². The van der Waals surface area contributed by atoms with Crippen LogP contribution in [-0.4, -0.2) is 19.8 Å². The van der Waals surface area contributed by atoms with Gasteiger partial charge in [-0.25, -0.2) is 9.37 Å². The summed E-state index contributed by atoms with van der Waals surface area (Å²) in [5.41, 5.74) is 3.98. The number of nitrogens with zero attached hydrogens (tertiary/aromatic N) is 4. The standard InChI is InChI=1S/C22H15ClFN5/c23-16-5-3-4-15(12-16)20-22-26-21(25-13-14-8-10-17(24)11-9-14)18-6-1-2-7-19(18)29(22)28-27-20/h1-12H,13H2,(H,25,26). The molecule has 0 unspecified atom stereocenters. The van der Waals surface area contributed by atoms with Crippen molar-refractivity contribution in [2.75, 3.05) is 5.32 Å². The smallest absolute Gasteiger partial charge is 0.186 e. The topological polar surface area (TPSA) is 55.1 Å². The Balaban J connectivity index is 1.63. The molecule has 7 heteroatoms. The van der Waals surface area contributed by atoms with Crippen molar-refractivity contribution in [3.05, 3.63) is 89.2 Å². The van der Waals surface area contributed by atoms with Crippen LogP contribution in [-0.2, 0) is 6.54 Å². The maximum atomic E-state index is 13.2. The molecule has 0 aliphatic carbocycles. The van der Waals surface area contributed by atoms with Crippen LogP contribution < -0.4 is 5.32 Å². The van der Waals surface area contributed by atoms with Crippen LogP contribution >= 0.6 is 11.6 Å². The van der Waals surface area contributed by atoms with E-state index >= 15 is 0 Å². The highest BCUT2D eigenvalue weighted by atomic mass is 35.5. The van der Waals surface area contributed by atoms with Gasteiger partial charge in [0.05, 0.1) is 5.52 Å². The molecular weight excluding hydrogens is 389 g/mol. The van der Waals surface area contributed by atoms with Crippen molar-refractivity contribution >= 4 is 34.0 Å². The van der Waals surface area contributed by atoms with Gasteiger partial charge < -0.3 is 5.32 Å². The lowest BCUT2D eigenvalue weighted by atomic mass is 10.1. The number of benzene rings is 3. The van der Waals surface area contributed by atoms with E-state index in [4.69, 9.17) is 16.6 Å². The van der Waals surface area contributed by atoms with Crippen molar-refractivity contribution in [2.24, 2.45) is 0 Å². The summed E-state index contributed by atoms with van der Waals surface area (Å²) < 4.78 is 14.9. The van der Waals surface area contributed by atoms with Gasteiger partial charge in [-0.1, -0.05) is 53.2 Å². The largest absolute Gasteiger partial charge is 0.365 e. The minimum absolute atomic E-state index is 0.254. The maximum Gasteiger partial charge on any atom is 0.186 e. The van der Waals surface area contributed by atoms with Crippen molar-refractivity contribution in [1.29, 1.82) is 0 Å². The lowest BCUT2D eigenvalue weighted by molar-refractivity contribution is 0.627. The van der Waals surface area contributed by atoms with E-state index in [9.17, 15) is 4.39 Å². The van der Waals surface area contributed by atoms with E-state index in [1.54, 1.807) is 16.6 Å². The van der Waals surface area contributed by atoms with E-state index in [1.807, 2.05) is 48.5 Å². The molecule has 0 saturated heterocycles. The Labute approximate surface area is 170 Å². The zero-order valence-corrected chi connectivity index (χ0v) is 15.9. The van der Waals surface area contributed by atoms with Crippen LogP contribution in [0.1, 0.15) is 5.56 Å². The molecule has 0 amide bonds. The van der Waals surface area contributed by atoms with Gasteiger partial charge in [-0.15, -0.1) is 5.10 Å². The highest BCUT2D eigenvalue weighted by Gasteiger charge is 2.15. The fourth-order valence-corrected chi connectivity index (χ4v) is 3.50. The van der Waals surface area contributed by atoms with Crippen molar-refractivity contribution in [3.63, 3.8) is 0 Å². The Hall–Kier alpha value is -3.51.